The van der Waals surface area contributed by atoms with Crippen molar-refractivity contribution < 1.29 is 23.8 Å². The molecule has 9 heteroatoms. The van der Waals surface area contributed by atoms with Crippen LogP contribution in [0.25, 0.3) is 10.9 Å². The normalized spacial score (nSPS) is 14.1. The van der Waals surface area contributed by atoms with Crippen molar-refractivity contribution in [1.29, 1.82) is 0 Å². The minimum Gasteiger partial charge on any atom is -0.495 e. The summed E-state index contributed by atoms with van der Waals surface area (Å²) in [5, 5.41) is 3.65. The van der Waals surface area contributed by atoms with E-state index in [2.05, 4.69) is 20.1 Å². The predicted octanol–water partition coefficient (Wildman–Crippen LogP) is 3.51. The van der Waals surface area contributed by atoms with Gasteiger partial charge in [-0.1, -0.05) is 12.1 Å². The molecular weight excluding hydrogens is 448 g/mol. The number of fused-ring (bicyclic) bond motifs is 1. The van der Waals surface area contributed by atoms with Gasteiger partial charge in [0.25, 0.3) is 0 Å². The topological polar surface area (TPSA) is 96.1 Å². The van der Waals surface area contributed by atoms with Crippen LogP contribution in [0.2, 0.25) is 0 Å². The largest absolute Gasteiger partial charge is 0.495 e. The molecule has 0 bridgehead atoms. The number of ether oxygens (including phenoxy) is 3. The zero-order valence-electron chi connectivity index (χ0n) is 20.4. The summed E-state index contributed by atoms with van der Waals surface area (Å²) in [5.74, 6) is 0.805. The summed E-state index contributed by atoms with van der Waals surface area (Å²) in [6.07, 6.45) is 0. The van der Waals surface area contributed by atoms with Gasteiger partial charge in [0.1, 0.15) is 17.2 Å². The number of carbonyl (C=O) groups excluding carboxylic acids is 2. The molecule has 9 nitrogen and oxygen atoms in total. The van der Waals surface area contributed by atoms with Crippen molar-refractivity contribution in [2.24, 2.45) is 0 Å². The molecule has 1 aliphatic rings. The van der Waals surface area contributed by atoms with E-state index in [9.17, 15) is 9.59 Å². The molecule has 4 rings (SSSR count). The zero-order chi connectivity index (χ0) is 24.8. The maximum Gasteiger partial charge on any atom is 0.356 e. The van der Waals surface area contributed by atoms with E-state index < -0.39 is 5.97 Å². The van der Waals surface area contributed by atoms with Gasteiger partial charge >= 0.3 is 5.97 Å². The fraction of sp³-hybridized carbons (Fsp3) is 0.385. The summed E-state index contributed by atoms with van der Waals surface area (Å²) >= 11 is 0. The number of nitrogens with zero attached hydrogens (tertiary/aromatic N) is 2. The number of para-hydroxylation sites is 2. The average molecular weight is 481 g/mol. The van der Waals surface area contributed by atoms with Gasteiger partial charge in [0, 0.05) is 37.1 Å². The van der Waals surface area contributed by atoms with Gasteiger partial charge in [-0.3, -0.25) is 9.69 Å². The third-order valence-corrected chi connectivity index (χ3v) is 5.99. The Kier molecular flexibility index (Phi) is 7.77. The zero-order valence-corrected chi connectivity index (χ0v) is 20.4. The molecular formula is C26H32N4O5. The van der Waals surface area contributed by atoms with Crippen molar-refractivity contribution in [1.82, 2.24) is 9.88 Å². The Morgan fingerprint density at radius 2 is 1.80 bits per heavy atom. The standard InChI is InChI=1S/C26H32N4O5/c1-4-34-18-10-11-20-19(16-18)24(25(27-20)26(32)35-5-2)28-23(31)17-29-12-14-30(15-13-29)21-8-6-7-9-22(21)33-3/h6-11,16,27H,4-5,12-15,17H2,1-3H3,(H,28,31). The molecule has 2 N–H and O–H groups in total. The Labute approximate surface area is 204 Å². The highest BCUT2D eigenvalue weighted by Crippen LogP contribution is 2.32. The summed E-state index contributed by atoms with van der Waals surface area (Å²) in [6, 6.07) is 13.4. The minimum atomic E-state index is -0.512. The number of methoxy groups -OCH3 is 1. The second-order valence-corrected chi connectivity index (χ2v) is 8.22. The maximum atomic E-state index is 13.0. The molecule has 0 unspecified atom stereocenters. The van der Waals surface area contributed by atoms with Gasteiger partial charge in [0.2, 0.25) is 5.91 Å². The van der Waals surface area contributed by atoms with Gasteiger partial charge < -0.3 is 29.4 Å². The van der Waals surface area contributed by atoms with Gasteiger partial charge in [0.05, 0.1) is 38.2 Å². The number of anilines is 2. The van der Waals surface area contributed by atoms with E-state index in [0.29, 0.717) is 23.4 Å². The van der Waals surface area contributed by atoms with Crippen LogP contribution in [-0.2, 0) is 9.53 Å². The lowest BCUT2D eigenvalue weighted by molar-refractivity contribution is -0.117. The molecule has 1 aliphatic heterocycles. The van der Waals surface area contributed by atoms with Gasteiger partial charge in [-0.15, -0.1) is 0 Å². The number of carbonyl (C=O) groups is 2. The number of esters is 1. The molecule has 0 radical (unpaired) electrons. The Balaban J connectivity index is 1.46. The second kappa shape index (κ2) is 11.1. The Morgan fingerprint density at radius 3 is 2.51 bits per heavy atom. The van der Waals surface area contributed by atoms with Crippen LogP contribution in [0, 0.1) is 0 Å². The van der Waals surface area contributed by atoms with Crippen LogP contribution in [0.15, 0.2) is 42.5 Å². The molecule has 1 fully saturated rings. The van der Waals surface area contributed by atoms with Crippen LogP contribution in [-0.4, -0.2) is 74.8 Å². The van der Waals surface area contributed by atoms with E-state index >= 15 is 0 Å². The van der Waals surface area contributed by atoms with E-state index in [-0.39, 0.29) is 24.8 Å². The van der Waals surface area contributed by atoms with Crippen LogP contribution >= 0.6 is 0 Å². The van der Waals surface area contributed by atoms with E-state index in [1.54, 1.807) is 14.0 Å². The third-order valence-electron chi connectivity index (χ3n) is 5.99. The van der Waals surface area contributed by atoms with Gasteiger partial charge in [-0.05, 0) is 44.2 Å². The molecule has 0 atom stereocenters. The van der Waals surface area contributed by atoms with E-state index in [4.69, 9.17) is 14.2 Å². The second-order valence-electron chi connectivity index (χ2n) is 8.22. The van der Waals surface area contributed by atoms with Crippen LogP contribution in [0.1, 0.15) is 24.3 Å². The lowest BCUT2D eigenvalue weighted by Gasteiger charge is -2.36. The number of hydrogen-bond donors (Lipinski definition) is 2. The van der Waals surface area contributed by atoms with Crippen LogP contribution in [0.3, 0.4) is 0 Å². The Bertz CT molecular complexity index is 1180. The number of aromatic amines is 1. The number of benzene rings is 2. The monoisotopic (exact) mass is 480 g/mol. The smallest absolute Gasteiger partial charge is 0.356 e. The molecule has 1 saturated heterocycles. The van der Waals surface area contributed by atoms with Gasteiger partial charge in [-0.2, -0.15) is 0 Å². The fourth-order valence-electron chi connectivity index (χ4n) is 4.33. The van der Waals surface area contributed by atoms with Crippen molar-refractivity contribution in [2.75, 3.05) is 63.3 Å². The molecule has 1 aromatic heterocycles. The number of hydrogen-bond acceptors (Lipinski definition) is 7. The SMILES string of the molecule is CCOC(=O)c1[nH]c2ccc(OCC)cc2c1NC(=O)CN1CCN(c2ccccc2OC)CC1. The summed E-state index contributed by atoms with van der Waals surface area (Å²) in [6.45, 7) is 7.67. The van der Waals surface area contributed by atoms with Crippen LogP contribution in [0.4, 0.5) is 11.4 Å². The Morgan fingerprint density at radius 1 is 1.03 bits per heavy atom. The molecule has 35 heavy (non-hydrogen) atoms. The first-order valence-electron chi connectivity index (χ1n) is 11.9. The number of amides is 1. The van der Waals surface area contributed by atoms with Crippen molar-refractivity contribution in [3.63, 3.8) is 0 Å². The lowest BCUT2D eigenvalue weighted by Crippen LogP contribution is -2.48. The summed E-state index contributed by atoms with van der Waals surface area (Å²) in [7, 11) is 1.67. The maximum absolute atomic E-state index is 13.0. The summed E-state index contributed by atoms with van der Waals surface area (Å²) in [4.78, 5) is 33.1. The lowest BCUT2D eigenvalue weighted by atomic mass is 10.2. The minimum absolute atomic E-state index is 0.191. The van der Waals surface area contributed by atoms with E-state index in [1.165, 1.54) is 0 Å². The first-order valence-corrected chi connectivity index (χ1v) is 11.9. The van der Waals surface area contributed by atoms with E-state index in [0.717, 1.165) is 43.1 Å². The number of piperazine rings is 1. The number of rotatable bonds is 9. The van der Waals surface area contributed by atoms with Crippen LogP contribution < -0.4 is 19.7 Å². The van der Waals surface area contributed by atoms with Crippen molar-refractivity contribution in [3.8, 4) is 11.5 Å². The molecule has 0 aliphatic carbocycles. The van der Waals surface area contributed by atoms with Gasteiger partial charge in [-0.25, -0.2) is 4.79 Å². The number of aromatic nitrogens is 1. The number of nitrogens with one attached hydrogen (secondary N) is 2. The fourth-order valence-corrected chi connectivity index (χ4v) is 4.33. The molecule has 0 spiro atoms. The molecule has 0 saturated carbocycles. The highest BCUT2D eigenvalue weighted by Gasteiger charge is 2.24. The van der Waals surface area contributed by atoms with Crippen molar-refractivity contribution in [3.05, 3.63) is 48.2 Å². The van der Waals surface area contributed by atoms with Crippen molar-refractivity contribution >= 4 is 34.2 Å². The first kappa shape index (κ1) is 24.4. The molecule has 186 valence electrons. The summed E-state index contributed by atoms with van der Waals surface area (Å²) < 4.78 is 16.3. The first-order chi connectivity index (χ1) is 17.0. The van der Waals surface area contributed by atoms with Gasteiger partial charge in [0.15, 0.2) is 0 Å². The third kappa shape index (κ3) is 5.51. The molecule has 3 aromatic rings. The predicted molar refractivity (Wildman–Crippen MR) is 136 cm³/mol. The highest BCUT2D eigenvalue weighted by atomic mass is 16.5. The highest BCUT2D eigenvalue weighted by molar-refractivity contribution is 6.11. The number of H-pyrrole nitrogens is 1. The quantitative estimate of drug-likeness (QED) is 0.453. The van der Waals surface area contributed by atoms with E-state index in [1.807, 2.05) is 49.4 Å². The molecule has 2 heterocycles. The van der Waals surface area contributed by atoms with Crippen LogP contribution in [0.5, 0.6) is 11.5 Å². The van der Waals surface area contributed by atoms with Crippen molar-refractivity contribution in [2.45, 2.75) is 13.8 Å². The Hall–Kier alpha value is -3.72. The average Bonchev–Trinajstić information content (AvgIpc) is 3.22. The summed E-state index contributed by atoms with van der Waals surface area (Å²) in [5.41, 5.74) is 2.42. The molecule has 1 amide bonds. The molecule has 2 aromatic carbocycles.